The lowest BCUT2D eigenvalue weighted by atomic mass is 10.1. The molecule has 2 rings (SSSR count). The summed E-state index contributed by atoms with van der Waals surface area (Å²) >= 11 is 0. The molecule has 0 fully saturated rings. The summed E-state index contributed by atoms with van der Waals surface area (Å²) in [5.74, 6) is 2.06. The summed E-state index contributed by atoms with van der Waals surface area (Å²) in [6.45, 7) is 4.18. The summed E-state index contributed by atoms with van der Waals surface area (Å²) in [6, 6.07) is 14.8. The van der Waals surface area contributed by atoms with E-state index in [1.165, 1.54) is 22.3 Å². The monoisotopic (exact) mass is 298 g/mol. The summed E-state index contributed by atoms with van der Waals surface area (Å²) in [5, 5.41) is 0. The molecule has 0 saturated heterocycles. The van der Waals surface area contributed by atoms with E-state index in [-0.39, 0.29) is 0 Å². The molecule has 2 radical (unpaired) electrons. The Labute approximate surface area is 129 Å². The van der Waals surface area contributed by atoms with E-state index in [4.69, 9.17) is 9.47 Å². The fourth-order valence-corrected chi connectivity index (χ4v) is 3.84. The summed E-state index contributed by atoms with van der Waals surface area (Å²) in [4.78, 5) is 0. The summed E-state index contributed by atoms with van der Waals surface area (Å²) < 4.78 is 11.0. The van der Waals surface area contributed by atoms with Crippen LogP contribution in [0.15, 0.2) is 36.4 Å². The van der Waals surface area contributed by atoms with Crippen LogP contribution in [-0.4, -0.2) is 23.7 Å². The molecule has 2 nitrogen and oxygen atoms in total. The van der Waals surface area contributed by atoms with Crippen molar-refractivity contribution in [2.24, 2.45) is 0 Å². The Kier molecular flexibility index (Phi) is 5.45. The van der Waals surface area contributed by atoms with Crippen LogP contribution in [0.4, 0.5) is 0 Å². The zero-order valence-electron chi connectivity index (χ0n) is 13.2. The van der Waals surface area contributed by atoms with Gasteiger partial charge in [-0.2, -0.15) is 0 Å². The van der Waals surface area contributed by atoms with E-state index in [1.807, 2.05) is 0 Å². The molecular weight excluding hydrogens is 276 g/mol. The predicted octanol–water partition coefficient (Wildman–Crippen LogP) is 3.73. The Bertz CT molecular complexity index is 555. The summed E-state index contributed by atoms with van der Waals surface area (Å²) in [7, 11) is 4.32. The van der Waals surface area contributed by atoms with Gasteiger partial charge in [0, 0.05) is 9.52 Å². The molecule has 0 bridgehead atoms. The average molecular weight is 298 g/mol. The van der Waals surface area contributed by atoms with Gasteiger partial charge in [0.25, 0.3) is 0 Å². The van der Waals surface area contributed by atoms with Crippen LogP contribution < -0.4 is 9.47 Å². The van der Waals surface area contributed by atoms with Crippen molar-refractivity contribution in [1.29, 1.82) is 0 Å². The third kappa shape index (κ3) is 3.67. The second-order valence-electron chi connectivity index (χ2n) is 5.14. The number of methoxy groups -OCH3 is 2. The van der Waals surface area contributed by atoms with Crippen molar-refractivity contribution in [2.75, 3.05) is 14.2 Å². The molecule has 2 aromatic rings. The first-order valence-electron chi connectivity index (χ1n) is 7.13. The van der Waals surface area contributed by atoms with Crippen molar-refractivity contribution < 1.29 is 9.47 Å². The first-order chi connectivity index (χ1) is 10.2. The number of para-hydroxylation sites is 2. The van der Waals surface area contributed by atoms with E-state index in [0.717, 1.165) is 33.1 Å². The molecule has 2 aromatic carbocycles. The van der Waals surface area contributed by atoms with Gasteiger partial charge in [0.15, 0.2) is 0 Å². The number of aryl methyl sites for hydroxylation is 2. The minimum Gasteiger partial charge on any atom is -0.496 e. The van der Waals surface area contributed by atoms with Gasteiger partial charge in [0.05, 0.1) is 14.2 Å². The number of benzene rings is 2. The van der Waals surface area contributed by atoms with Crippen molar-refractivity contribution in [3.63, 3.8) is 0 Å². The van der Waals surface area contributed by atoms with Crippen LogP contribution in [0.3, 0.4) is 0 Å². The van der Waals surface area contributed by atoms with Gasteiger partial charge in [0.1, 0.15) is 11.5 Å². The molecule has 0 aliphatic heterocycles. The second-order valence-corrected chi connectivity index (χ2v) is 6.35. The Balaban J connectivity index is 2.06. The first-order valence-corrected chi connectivity index (χ1v) is 8.54. The number of ether oxygens (including phenoxy) is 2. The second kappa shape index (κ2) is 7.32. The predicted molar refractivity (Wildman–Crippen MR) is 88.6 cm³/mol. The van der Waals surface area contributed by atoms with E-state index in [1.54, 1.807) is 14.2 Å². The van der Waals surface area contributed by atoms with Crippen molar-refractivity contribution in [1.82, 2.24) is 0 Å². The maximum Gasteiger partial charge on any atom is 0.124 e. The molecule has 0 aliphatic rings. The molecule has 0 atom stereocenters. The van der Waals surface area contributed by atoms with Crippen molar-refractivity contribution >= 4 is 9.52 Å². The normalized spacial score (nSPS) is 10.5. The molecular formula is C18H22O2Si. The average Bonchev–Trinajstić information content (AvgIpc) is 2.47. The van der Waals surface area contributed by atoms with Crippen LogP contribution >= 0.6 is 0 Å². The summed E-state index contributed by atoms with van der Waals surface area (Å²) in [5.41, 5.74) is 4.99. The van der Waals surface area contributed by atoms with E-state index in [0.29, 0.717) is 0 Å². The Morgan fingerprint density at radius 2 is 1.19 bits per heavy atom. The van der Waals surface area contributed by atoms with E-state index in [9.17, 15) is 0 Å². The van der Waals surface area contributed by atoms with Crippen molar-refractivity contribution in [3.05, 3.63) is 58.7 Å². The topological polar surface area (TPSA) is 18.5 Å². The smallest absolute Gasteiger partial charge is 0.124 e. The molecule has 0 spiro atoms. The van der Waals surface area contributed by atoms with Crippen LogP contribution in [-0.2, 0) is 12.1 Å². The lowest BCUT2D eigenvalue weighted by Gasteiger charge is -2.12. The summed E-state index contributed by atoms with van der Waals surface area (Å²) in [6.07, 6.45) is 0. The minimum absolute atomic E-state index is 0.819. The van der Waals surface area contributed by atoms with Crippen LogP contribution in [0.5, 0.6) is 11.5 Å². The van der Waals surface area contributed by atoms with Gasteiger partial charge in [-0.3, -0.25) is 0 Å². The Hall–Kier alpha value is -1.74. The molecule has 0 saturated carbocycles. The highest BCUT2D eigenvalue weighted by atomic mass is 28.2. The Morgan fingerprint density at radius 3 is 1.57 bits per heavy atom. The van der Waals surface area contributed by atoms with Crippen LogP contribution in [0, 0.1) is 13.8 Å². The number of hydrogen-bond acceptors (Lipinski definition) is 2. The molecule has 110 valence electrons. The third-order valence-electron chi connectivity index (χ3n) is 3.63. The van der Waals surface area contributed by atoms with E-state index >= 15 is 0 Å². The highest BCUT2D eigenvalue weighted by molar-refractivity contribution is 6.34. The highest BCUT2D eigenvalue weighted by Gasteiger charge is 2.09. The van der Waals surface area contributed by atoms with Crippen LogP contribution in [0.1, 0.15) is 22.3 Å². The first kappa shape index (κ1) is 15.6. The van der Waals surface area contributed by atoms with Gasteiger partial charge in [-0.15, -0.1) is 0 Å². The SMILES string of the molecule is COc1c(C)cccc1C[Si]Cc1cccc(C)c1OC. The lowest BCUT2D eigenvalue weighted by Crippen LogP contribution is -2.06. The molecule has 0 aliphatic carbocycles. The van der Waals surface area contributed by atoms with Crippen LogP contribution in [0.25, 0.3) is 0 Å². The van der Waals surface area contributed by atoms with Gasteiger partial charge in [0.2, 0.25) is 0 Å². The molecule has 0 aromatic heterocycles. The van der Waals surface area contributed by atoms with Crippen LogP contribution in [0.2, 0.25) is 0 Å². The number of hydrogen-bond donors (Lipinski definition) is 0. The fraction of sp³-hybridized carbons (Fsp3) is 0.333. The van der Waals surface area contributed by atoms with Gasteiger partial charge < -0.3 is 9.47 Å². The van der Waals surface area contributed by atoms with E-state index < -0.39 is 0 Å². The van der Waals surface area contributed by atoms with E-state index in [2.05, 4.69) is 50.2 Å². The van der Waals surface area contributed by atoms with Gasteiger partial charge >= 0.3 is 0 Å². The fourth-order valence-electron chi connectivity index (χ4n) is 2.62. The quantitative estimate of drug-likeness (QED) is 0.757. The maximum absolute atomic E-state index is 5.52. The zero-order valence-corrected chi connectivity index (χ0v) is 14.2. The molecule has 0 amide bonds. The highest BCUT2D eigenvalue weighted by Crippen LogP contribution is 2.25. The lowest BCUT2D eigenvalue weighted by molar-refractivity contribution is 0.407. The van der Waals surface area contributed by atoms with Gasteiger partial charge in [-0.1, -0.05) is 36.4 Å². The molecule has 0 N–H and O–H groups in total. The molecule has 0 unspecified atom stereocenters. The Morgan fingerprint density at radius 1 is 0.762 bits per heavy atom. The number of rotatable bonds is 6. The maximum atomic E-state index is 5.52. The van der Waals surface area contributed by atoms with Gasteiger partial charge in [-0.05, 0) is 48.2 Å². The minimum atomic E-state index is 0.819. The van der Waals surface area contributed by atoms with Crippen molar-refractivity contribution in [3.8, 4) is 11.5 Å². The van der Waals surface area contributed by atoms with Gasteiger partial charge in [-0.25, -0.2) is 0 Å². The largest absolute Gasteiger partial charge is 0.496 e. The zero-order chi connectivity index (χ0) is 15.2. The standard InChI is InChI=1S/C18H22O2Si/c1-13-7-5-9-15(17(13)19-3)11-21-12-16-10-6-8-14(2)18(16)20-4/h5-10H,11-12H2,1-4H3. The molecule has 3 heteroatoms. The molecule has 0 heterocycles. The third-order valence-corrected chi connectivity index (χ3v) is 4.89. The van der Waals surface area contributed by atoms with Crippen molar-refractivity contribution in [2.45, 2.75) is 25.9 Å². The molecule has 21 heavy (non-hydrogen) atoms.